The van der Waals surface area contributed by atoms with Gasteiger partial charge in [-0.15, -0.1) is 0 Å². The third kappa shape index (κ3) is 3.95. The Morgan fingerprint density at radius 1 is 1.10 bits per heavy atom. The number of rotatable bonds is 6. The van der Waals surface area contributed by atoms with E-state index in [2.05, 4.69) is 20.8 Å². The molecule has 2 fully saturated rings. The first-order valence-electron chi connectivity index (χ1n) is 10.3. The van der Waals surface area contributed by atoms with Crippen LogP contribution in [0.4, 0.5) is 0 Å². The molecule has 0 bridgehead atoms. The predicted octanol–water partition coefficient (Wildman–Crippen LogP) is 4.06. The molecule has 1 aromatic rings. The second-order valence-corrected chi connectivity index (χ2v) is 8.76. The quantitative estimate of drug-likeness (QED) is 0.298. The van der Waals surface area contributed by atoms with Gasteiger partial charge >= 0.3 is 11.9 Å². The lowest BCUT2D eigenvalue weighted by Gasteiger charge is -2.36. The number of carbonyl (C=O) groups is 3. The van der Waals surface area contributed by atoms with Crippen molar-refractivity contribution in [3.8, 4) is 17.2 Å². The Balaban J connectivity index is 2.31. The standard InChI is InChI=1S/C23H30O7/c1-11(2)15-8-9-23(6)22(30-23)19(15)20-16(27-7)10-17(28-13(4)25)18(12(3)24)21(20)29-14(5)26/h10-11,15,19,22H,8-9H2,1-7H3/t15-,19+,22+,23?/m1/s1. The maximum absolute atomic E-state index is 12.6. The molecule has 1 aliphatic carbocycles. The molecule has 164 valence electrons. The maximum atomic E-state index is 12.6. The summed E-state index contributed by atoms with van der Waals surface area (Å²) >= 11 is 0. The molecular weight excluding hydrogens is 388 g/mol. The fourth-order valence-corrected chi connectivity index (χ4v) is 4.81. The van der Waals surface area contributed by atoms with Crippen LogP contribution in [-0.2, 0) is 14.3 Å². The number of carbonyl (C=O) groups excluding carboxylic acids is 3. The lowest BCUT2D eigenvalue weighted by molar-refractivity contribution is -0.132. The van der Waals surface area contributed by atoms with Crippen LogP contribution in [0.1, 0.15) is 76.2 Å². The zero-order chi connectivity index (χ0) is 22.4. The molecule has 0 aromatic heterocycles. The summed E-state index contributed by atoms with van der Waals surface area (Å²) in [5, 5.41) is 0. The van der Waals surface area contributed by atoms with Crippen molar-refractivity contribution in [1.82, 2.24) is 0 Å². The molecule has 0 amide bonds. The fourth-order valence-electron chi connectivity index (χ4n) is 4.81. The summed E-state index contributed by atoms with van der Waals surface area (Å²) in [6.07, 6.45) is 1.83. The molecule has 2 aliphatic rings. The molecule has 1 unspecified atom stereocenters. The van der Waals surface area contributed by atoms with E-state index in [9.17, 15) is 14.4 Å². The van der Waals surface area contributed by atoms with Crippen LogP contribution in [0.2, 0.25) is 0 Å². The van der Waals surface area contributed by atoms with E-state index in [4.69, 9.17) is 18.9 Å². The average Bonchev–Trinajstić information content (AvgIpc) is 3.31. The Bertz CT molecular complexity index is 888. The van der Waals surface area contributed by atoms with Crippen molar-refractivity contribution < 1.29 is 33.3 Å². The number of Topliss-reactive ketones (excluding diaryl/α,β-unsaturated/α-hetero) is 1. The molecule has 1 heterocycles. The Morgan fingerprint density at radius 3 is 2.23 bits per heavy atom. The van der Waals surface area contributed by atoms with Crippen LogP contribution in [0, 0.1) is 11.8 Å². The van der Waals surface area contributed by atoms with E-state index in [1.165, 1.54) is 33.9 Å². The largest absolute Gasteiger partial charge is 0.496 e. The minimum absolute atomic E-state index is 0.0169. The molecule has 0 spiro atoms. The fraction of sp³-hybridized carbons (Fsp3) is 0.609. The maximum Gasteiger partial charge on any atom is 0.308 e. The van der Waals surface area contributed by atoms with Crippen LogP contribution in [0.15, 0.2) is 6.07 Å². The number of hydrogen-bond donors (Lipinski definition) is 0. The average molecular weight is 418 g/mol. The number of benzene rings is 1. The lowest BCUT2D eigenvalue weighted by Crippen LogP contribution is -2.33. The van der Waals surface area contributed by atoms with Gasteiger partial charge in [-0.2, -0.15) is 0 Å². The van der Waals surface area contributed by atoms with E-state index < -0.39 is 11.9 Å². The summed E-state index contributed by atoms with van der Waals surface area (Å²) in [5.41, 5.74) is 0.451. The molecule has 7 nitrogen and oxygen atoms in total. The third-order valence-corrected chi connectivity index (χ3v) is 6.21. The third-order valence-electron chi connectivity index (χ3n) is 6.21. The molecule has 1 saturated heterocycles. The first kappa shape index (κ1) is 22.3. The highest BCUT2D eigenvalue weighted by molar-refractivity contribution is 6.02. The van der Waals surface area contributed by atoms with Gasteiger partial charge in [-0.3, -0.25) is 14.4 Å². The predicted molar refractivity (Wildman–Crippen MR) is 109 cm³/mol. The van der Waals surface area contributed by atoms with Crippen molar-refractivity contribution in [3.63, 3.8) is 0 Å². The van der Waals surface area contributed by atoms with Crippen molar-refractivity contribution in [2.45, 2.75) is 72.0 Å². The van der Waals surface area contributed by atoms with Gasteiger partial charge in [-0.25, -0.2) is 0 Å². The molecule has 0 radical (unpaired) electrons. The highest BCUT2D eigenvalue weighted by Crippen LogP contribution is 2.61. The Kier molecular flexibility index (Phi) is 5.96. The Labute approximate surface area is 177 Å². The van der Waals surface area contributed by atoms with E-state index in [1.54, 1.807) is 0 Å². The van der Waals surface area contributed by atoms with Crippen molar-refractivity contribution in [2.24, 2.45) is 11.8 Å². The van der Waals surface area contributed by atoms with Gasteiger partial charge in [0.15, 0.2) is 11.5 Å². The second-order valence-electron chi connectivity index (χ2n) is 8.76. The second kappa shape index (κ2) is 8.02. The van der Waals surface area contributed by atoms with E-state index in [0.717, 1.165) is 12.8 Å². The molecule has 30 heavy (non-hydrogen) atoms. The van der Waals surface area contributed by atoms with Crippen molar-refractivity contribution in [1.29, 1.82) is 0 Å². The number of epoxide rings is 1. The highest BCUT2D eigenvalue weighted by Gasteiger charge is 2.62. The number of ketones is 1. The number of fused-ring (bicyclic) bond motifs is 1. The van der Waals surface area contributed by atoms with Gasteiger partial charge in [-0.1, -0.05) is 13.8 Å². The van der Waals surface area contributed by atoms with Crippen LogP contribution in [0.5, 0.6) is 17.2 Å². The highest BCUT2D eigenvalue weighted by atomic mass is 16.6. The number of esters is 2. The van der Waals surface area contributed by atoms with Gasteiger partial charge in [0.05, 0.1) is 18.8 Å². The summed E-state index contributed by atoms with van der Waals surface area (Å²) in [6, 6.07) is 1.53. The van der Waals surface area contributed by atoms with Crippen LogP contribution in [0.25, 0.3) is 0 Å². The van der Waals surface area contributed by atoms with E-state index in [-0.39, 0.29) is 46.4 Å². The Hall–Kier alpha value is -2.41. The molecule has 3 rings (SSSR count). The summed E-state index contributed by atoms with van der Waals surface area (Å²) in [6.45, 7) is 10.3. The van der Waals surface area contributed by atoms with Crippen molar-refractivity contribution in [2.75, 3.05) is 7.11 Å². The van der Waals surface area contributed by atoms with Crippen molar-refractivity contribution in [3.05, 3.63) is 17.2 Å². The minimum atomic E-state index is -0.586. The van der Waals surface area contributed by atoms with E-state index >= 15 is 0 Å². The van der Waals surface area contributed by atoms with Gasteiger partial charge in [0.1, 0.15) is 17.1 Å². The zero-order valence-electron chi connectivity index (χ0n) is 18.7. The van der Waals surface area contributed by atoms with Crippen LogP contribution in [0.3, 0.4) is 0 Å². The monoisotopic (exact) mass is 418 g/mol. The first-order chi connectivity index (χ1) is 14.0. The Morgan fingerprint density at radius 2 is 1.73 bits per heavy atom. The van der Waals surface area contributed by atoms with Gasteiger partial charge < -0.3 is 18.9 Å². The summed E-state index contributed by atoms with van der Waals surface area (Å²) in [4.78, 5) is 36.3. The lowest BCUT2D eigenvalue weighted by atomic mass is 9.67. The van der Waals surface area contributed by atoms with E-state index in [0.29, 0.717) is 17.2 Å². The van der Waals surface area contributed by atoms with Gasteiger partial charge in [0, 0.05) is 31.4 Å². The number of ether oxygens (including phenoxy) is 4. The van der Waals surface area contributed by atoms with Gasteiger partial charge in [-0.05, 0) is 38.5 Å². The topological polar surface area (TPSA) is 91.4 Å². The normalized spacial score (nSPS) is 27.3. The molecule has 0 N–H and O–H groups in total. The summed E-state index contributed by atoms with van der Waals surface area (Å²) in [7, 11) is 1.50. The van der Waals surface area contributed by atoms with Crippen molar-refractivity contribution >= 4 is 17.7 Å². The minimum Gasteiger partial charge on any atom is -0.496 e. The van der Waals surface area contributed by atoms with Gasteiger partial charge in [0.2, 0.25) is 0 Å². The van der Waals surface area contributed by atoms with Gasteiger partial charge in [0.25, 0.3) is 0 Å². The molecule has 4 atom stereocenters. The summed E-state index contributed by atoms with van der Waals surface area (Å²) < 4.78 is 22.6. The smallest absolute Gasteiger partial charge is 0.308 e. The number of hydrogen-bond acceptors (Lipinski definition) is 7. The molecule has 1 aliphatic heterocycles. The first-order valence-corrected chi connectivity index (χ1v) is 10.3. The molecule has 7 heteroatoms. The zero-order valence-corrected chi connectivity index (χ0v) is 18.7. The van der Waals surface area contributed by atoms with E-state index in [1.807, 2.05) is 0 Å². The summed E-state index contributed by atoms with van der Waals surface area (Å²) in [5.74, 6) is -0.553. The number of methoxy groups -OCH3 is 1. The van der Waals surface area contributed by atoms with Crippen LogP contribution < -0.4 is 14.2 Å². The molecule has 1 saturated carbocycles. The molecule has 1 aromatic carbocycles. The van der Waals surface area contributed by atoms with Crippen LogP contribution >= 0.6 is 0 Å². The van der Waals surface area contributed by atoms with Crippen LogP contribution in [-0.4, -0.2) is 36.5 Å². The molecular formula is C23H30O7. The SMILES string of the molecule is COc1cc(OC(C)=O)c(C(C)=O)c(OC(C)=O)c1[C@@H]1[C@@H](C(C)C)CCC2(C)O[C@@H]12.